The molecule has 25 heavy (non-hydrogen) atoms. The quantitative estimate of drug-likeness (QED) is 0.791. The number of sulfonamides is 1. The van der Waals surface area contributed by atoms with Crippen molar-refractivity contribution in [3.63, 3.8) is 0 Å². The van der Waals surface area contributed by atoms with Gasteiger partial charge in [0.25, 0.3) is 0 Å². The SMILES string of the molecule is CCCN(C1CCS(=O)(=O)C1)S(=O)(=O)c1ccc(C)c2ncccc12. The second-order valence-electron chi connectivity index (χ2n) is 6.45. The number of aromatic nitrogens is 1. The minimum atomic E-state index is -3.81. The Kier molecular flexibility index (Phi) is 4.87. The van der Waals surface area contributed by atoms with Gasteiger partial charge in [0.05, 0.1) is 21.9 Å². The lowest BCUT2D eigenvalue weighted by molar-refractivity contribution is 0.341. The first-order valence-corrected chi connectivity index (χ1v) is 11.6. The van der Waals surface area contributed by atoms with E-state index in [1.807, 2.05) is 13.8 Å². The number of benzene rings is 1. The Hall–Kier alpha value is -1.51. The van der Waals surface area contributed by atoms with Gasteiger partial charge in [-0.2, -0.15) is 4.31 Å². The van der Waals surface area contributed by atoms with Crippen LogP contribution in [0.15, 0.2) is 35.4 Å². The van der Waals surface area contributed by atoms with Crippen molar-refractivity contribution in [1.29, 1.82) is 0 Å². The van der Waals surface area contributed by atoms with Gasteiger partial charge in [-0.25, -0.2) is 16.8 Å². The van der Waals surface area contributed by atoms with Crippen molar-refractivity contribution in [2.75, 3.05) is 18.1 Å². The summed E-state index contributed by atoms with van der Waals surface area (Å²) < 4.78 is 51.7. The van der Waals surface area contributed by atoms with Gasteiger partial charge in [0, 0.05) is 24.2 Å². The zero-order chi connectivity index (χ0) is 18.2. The summed E-state index contributed by atoms with van der Waals surface area (Å²) in [6.07, 6.45) is 2.61. The summed E-state index contributed by atoms with van der Waals surface area (Å²) in [6, 6.07) is 6.31. The first kappa shape index (κ1) is 18.3. The zero-order valence-corrected chi connectivity index (χ0v) is 16.0. The minimum Gasteiger partial charge on any atom is -0.256 e. The third-order valence-electron chi connectivity index (χ3n) is 4.58. The maximum absolute atomic E-state index is 13.3. The molecule has 136 valence electrons. The molecule has 0 aliphatic carbocycles. The first-order valence-electron chi connectivity index (χ1n) is 8.33. The molecule has 0 bridgehead atoms. The van der Waals surface area contributed by atoms with Crippen LogP contribution in [0.4, 0.5) is 0 Å². The van der Waals surface area contributed by atoms with E-state index in [-0.39, 0.29) is 16.4 Å². The van der Waals surface area contributed by atoms with Gasteiger partial charge in [-0.3, -0.25) is 4.98 Å². The monoisotopic (exact) mass is 382 g/mol. The predicted octanol–water partition coefficient (Wildman–Crippen LogP) is 2.13. The molecule has 8 heteroatoms. The molecule has 6 nitrogen and oxygen atoms in total. The summed E-state index contributed by atoms with van der Waals surface area (Å²) in [5, 5.41) is 0.574. The van der Waals surface area contributed by atoms with Gasteiger partial charge in [-0.1, -0.05) is 13.0 Å². The van der Waals surface area contributed by atoms with Crippen LogP contribution >= 0.6 is 0 Å². The second-order valence-corrected chi connectivity index (χ2v) is 10.5. The van der Waals surface area contributed by atoms with Gasteiger partial charge in [0.15, 0.2) is 9.84 Å². The van der Waals surface area contributed by atoms with Gasteiger partial charge in [0.1, 0.15) is 0 Å². The molecule has 2 heterocycles. The van der Waals surface area contributed by atoms with Crippen LogP contribution in [-0.2, 0) is 19.9 Å². The Labute approximate surface area is 148 Å². The number of hydrogen-bond donors (Lipinski definition) is 0. The van der Waals surface area contributed by atoms with Crippen molar-refractivity contribution in [2.24, 2.45) is 0 Å². The van der Waals surface area contributed by atoms with Crippen molar-refractivity contribution in [2.45, 2.75) is 37.6 Å². The molecular weight excluding hydrogens is 360 g/mol. The van der Waals surface area contributed by atoms with E-state index < -0.39 is 25.9 Å². The predicted molar refractivity (Wildman–Crippen MR) is 97.7 cm³/mol. The Bertz CT molecular complexity index is 1000. The van der Waals surface area contributed by atoms with E-state index in [9.17, 15) is 16.8 Å². The van der Waals surface area contributed by atoms with Gasteiger partial charge >= 0.3 is 0 Å². The standard InChI is InChI=1S/C17H22N2O4S2/c1-3-10-19(14-8-11-24(20,21)12-14)25(22,23)16-7-6-13(2)17-15(16)5-4-9-18-17/h4-7,9,14H,3,8,10-12H2,1-2H3. The van der Waals surface area contributed by atoms with Crippen molar-refractivity contribution in [1.82, 2.24) is 9.29 Å². The normalized spacial score (nSPS) is 20.4. The van der Waals surface area contributed by atoms with Crippen molar-refractivity contribution in [3.05, 3.63) is 36.0 Å². The van der Waals surface area contributed by atoms with Crippen LogP contribution in [0.25, 0.3) is 10.9 Å². The smallest absolute Gasteiger partial charge is 0.244 e. The average molecular weight is 383 g/mol. The molecule has 1 atom stereocenters. The Morgan fingerprint density at radius 3 is 2.68 bits per heavy atom. The van der Waals surface area contributed by atoms with Gasteiger partial charge in [-0.05, 0) is 43.5 Å². The number of pyridine rings is 1. The Morgan fingerprint density at radius 2 is 2.04 bits per heavy atom. The summed E-state index contributed by atoms with van der Waals surface area (Å²) in [4.78, 5) is 4.50. The lowest BCUT2D eigenvalue weighted by Gasteiger charge is -2.27. The number of rotatable bonds is 5. The topological polar surface area (TPSA) is 84.4 Å². The van der Waals surface area contributed by atoms with E-state index in [0.29, 0.717) is 30.3 Å². The summed E-state index contributed by atoms with van der Waals surface area (Å²) in [7, 11) is -6.98. The maximum Gasteiger partial charge on any atom is 0.244 e. The van der Waals surface area contributed by atoms with E-state index in [0.717, 1.165) is 5.56 Å². The number of aryl methyl sites for hydroxylation is 1. The fourth-order valence-corrected chi connectivity index (χ4v) is 7.12. The highest BCUT2D eigenvalue weighted by Gasteiger charge is 2.38. The van der Waals surface area contributed by atoms with E-state index >= 15 is 0 Å². The van der Waals surface area contributed by atoms with Gasteiger partial charge < -0.3 is 0 Å². The molecule has 1 aliphatic rings. The molecule has 1 fully saturated rings. The Balaban J connectivity index is 2.12. The highest BCUT2D eigenvalue weighted by atomic mass is 32.2. The molecule has 1 aromatic heterocycles. The maximum atomic E-state index is 13.3. The van der Waals surface area contributed by atoms with Crippen LogP contribution in [0.1, 0.15) is 25.3 Å². The third kappa shape index (κ3) is 3.43. The van der Waals surface area contributed by atoms with Gasteiger partial charge in [-0.15, -0.1) is 0 Å². The highest BCUT2D eigenvalue weighted by Crippen LogP contribution is 2.30. The molecule has 0 N–H and O–H groups in total. The fraction of sp³-hybridized carbons (Fsp3) is 0.471. The van der Waals surface area contributed by atoms with Crippen LogP contribution in [0.5, 0.6) is 0 Å². The van der Waals surface area contributed by atoms with Gasteiger partial charge in [0.2, 0.25) is 10.0 Å². The van der Waals surface area contributed by atoms with E-state index in [2.05, 4.69) is 4.98 Å². The van der Waals surface area contributed by atoms with Crippen LogP contribution in [0.3, 0.4) is 0 Å². The van der Waals surface area contributed by atoms with Crippen molar-refractivity contribution in [3.8, 4) is 0 Å². The lowest BCUT2D eigenvalue weighted by atomic mass is 10.1. The largest absolute Gasteiger partial charge is 0.256 e. The van der Waals surface area contributed by atoms with E-state index in [1.54, 1.807) is 30.5 Å². The lowest BCUT2D eigenvalue weighted by Crippen LogP contribution is -2.41. The molecule has 1 aromatic carbocycles. The molecule has 0 spiro atoms. The molecule has 0 radical (unpaired) electrons. The molecular formula is C17H22N2O4S2. The number of sulfone groups is 1. The minimum absolute atomic E-state index is 0.0452. The van der Waals surface area contributed by atoms with Crippen LogP contribution in [-0.4, -0.2) is 50.2 Å². The molecule has 2 aromatic rings. The first-order chi connectivity index (χ1) is 11.8. The Morgan fingerprint density at radius 1 is 1.28 bits per heavy atom. The summed E-state index contributed by atoms with van der Waals surface area (Å²) in [5.74, 6) is -0.0577. The molecule has 1 aliphatic heterocycles. The number of nitrogens with zero attached hydrogens (tertiary/aromatic N) is 2. The van der Waals surface area contributed by atoms with Crippen LogP contribution in [0, 0.1) is 6.92 Å². The molecule has 0 saturated carbocycles. The fourth-order valence-electron chi connectivity index (χ4n) is 3.36. The summed E-state index contributed by atoms with van der Waals surface area (Å²) in [6.45, 7) is 4.08. The van der Waals surface area contributed by atoms with Crippen molar-refractivity contribution >= 4 is 30.8 Å². The molecule has 3 rings (SSSR count). The van der Waals surface area contributed by atoms with Crippen LogP contribution < -0.4 is 0 Å². The molecule has 1 saturated heterocycles. The third-order valence-corrected chi connectivity index (χ3v) is 8.34. The number of hydrogen-bond acceptors (Lipinski definition) is 5. The van der Waals surface area contributed by atoms with E-state index in [1.165, 1.54) is 4.31 Å². The molecule has 1 unspecified atom stereocenters. The number of fused-ring (bicyclic) bond motifs is 1. The van der Waals surface area contributed by atoms with E-state index in [4.69, 9.17) is 0 Å². The second kappa shape index (κ2) is 6.66. The summed E-state index contributed by atoms with van der Waals surface area (Å²) >= 11 is 0. The zero-order valence-electron chi connectivity index (χ0n) is 14.3. The molecule has 0 amide bonds. The van der Waals surface area contributed by atoms with Crippen molar-refractivity contribution < 1.29 is 16.8 Å². The van der Waals surface area contributed by atoms with Crippen LogP contribution in [0.2, 0.25) is 0 Å². The average Bonchev–Trinajstić information content (AvgIpc) is 2.92. The highest BCUT2D eigenvalue weighted by molar-refractivity contribution is 7.92. The summed E-state index contributed by atoms with van der Waals surface area (Å²) in [5.41, 5.74) is 1.55.